The van der Waals surface area contributed by atoms with Crippen LogP contribution in [0.3, 0.4) is 0 Å². The van der Waals surface area contributed by atoms with Crippen molar-refractivity contribution in [1.82, 2.24) is 9.29 Å². The molecule has 3 atom stereocenters. The highest BCUT2D eigenvalue weighted by molar-refractivity contribution is 7.89. The number of nitro benzene ring substituents is 1. The van der Waals surface area contributed by atoms with E-state index in [0.29, 0.717) is 13.1 Å². The van der Waals surface area contributed by atoms with Gasteiger partial charge in [0.05, 0.1) is 21.6 Å². The number of pyridine rings is 1. The fourth-order valence-corrected chi connectivity index (χ4v) is 5.54. The van der Waals surface area contributed by atoms with Gasteiger partial charge in [0, 0.05) is 25.4 Å². The van der Waals surface area contributed by atoms with Gasteiger partial charge in [0.15, 0.2) is 0 Å². The van der Waals surface area contributed by atoms with E-state index < -0.39 is 14.9 Å². The first-order valence-corrected chi connectivity index (χ1v) is 11.1. The molecule has 29 heavy (non-hydrogen) atoms. The summed E-state index contributed by atoms with van der Waals surface area (Å²) in [5.41, 5.74) is 0.717. The predicted octanol–water partition coefficient (Wildman–Crippen LogP) is 3.83. The second-order valence-electron chi connectivity index (χ2n) is 7.82. The monoisotopic (exact) mass is 418 g/mol. The predicted molar refractivity (Wildman–Crippen MR) is 111 cm³/mol. The normalized spacial score (nSPS) is 21.5. The van der Waals surface area contributed by atoms with E-state index in [1.165, 1.54) is 16.4 Å². The molecular formula is C20H26N4O4S. The van der Waals surface area contributed by atoms with E-state index in [2.05, 4.69) is 10.3 Å². The third-order valence-electron chi connectivity index (χ3n) is 5.14. The lowest BCUT2D eigenvalue weighted by atomic mass is 9.94. The third-order valence-corrected chi connectivity index (χ3v) is 6.97. The smallest absolute Gasteiger partial charge is 0.293 e. The van der Waals surface area contributed by atoms with Gasteiger partial charge < -0.3 is 5.32 Å². The van der Waals surface area contributed by atoms with Crippen molar-refractivity contribution in [2.75, 3.05) is 18.4 Å². The first-order chi connectivity index (χ1) is 13.7. The molecule has 2 heterocycles. The van der Waals surface area contributed by atoms with Crippen molar-refractivity contribution in [2.45, 2.75) is 38.1 Å². The first kappa shape index (κ1) is 21.2. The van der Waals surface area contributed by atoms with Crippen molar-refractivity contribution in [3.05, 3.63) is 58.4 Å². The summed E-state index contributed by atoms with van der Waals surface area (Å²) in [6, 6.07) is 9.21. The van der Waals surface area contributed by atoms with E-state index in [9.17, 15) is 18.5 Å². The van der Waals surface area contributed by atoms with Gasteiger partial charge in [0.25, 0.3) is 5.69 Å². The number of sulfonamides is 1. The van der Waals surface area contributed by atoms with Crippen LogP contribution in [-0.4, -0.2) is 35.7 Å². The van der Waals surface area contributed by atoms with Gasteiger partial charge in [-0.05, 0) is 49.4 Å². The minimum absolute atomic E-state index is 0.0541. The molecule has 0 spiro atoms. The standard InChI is InChI=1S/C20H26N4O4S/c1-14-10-15(2)13-23(12-14)29(27,28)17-7-8-19(20(11-17)24(25)26)22-16(3)18-6-4-5-9-21-18/h4-9,11,14-16,22H,10,12-13H2,1-3H3/t14-,15-,16+/m1/s1. The van der Waals surface area contributed by atoms with E-state index in [1.807, 2.05) is 32.9 Å². The van der Waals surface area contributed by atoms with Crippen LogP contribution in [0.15, 0.2) is 47.5 Å². The third kappa shape index (κ3) is 4.73. The van der Waals surface area contributed by atoms with Gasteiger partial charge in [-0.15, -0.1) is 0 Å². The number of aromatic nitrogens is 1. The maximum Gasteiger partial charge on any atom is 0.293 e. The van der Waals surface area contributed by atoms with Crippen LogP contribution in [0.4, 0.5) is 11.4 Å². The molecule has 1 aliphatic heterocycles. The number of rotatable bonds is 6. The van der Waals surface area contributed by atoms with Crippen LogP contribution in [0.5, 0.6) is 0 Å². The van der Waals surface area contributed by atoms with E-state index in [1.54, 1.807) is 12.3 Å². The van der Waals surface area contributed by atoms with Crippen LogP contribution in [0.2, 0.25) is 0 Å². The molecule has 1 aromatic carbocycles. The van der Waals surface area contributed by atoms with Gasteiger partial charge in [-0.3, -0.25) is 15.1 Å². The number of nitrogens with zero attached hydrogens (tertiary/aromatic N) is 3. The summed E-state index contributed by atoms with van der Waals surface area (Å²) >= 11 is 0. The minimum Gasteiger partial charge on any atom is -0.371 e. The highest BCUT2D eigenvalue weighted by Gasteiger charge is 2.33. The zero-order chi connectivity index (χ0) is 21.2. The van der Waals surface area contributed by atoms with Gasteiger partial charge in [-0.1, -0.05) is 19.9 Å². The average molecular weight is 419 g/mol. The van der Waals surface area contributed by atoms with Gasteiger partial charge in [-0.25, -0.2) is 8.42 Å². The number of nitrogens with one attached hydrogen (secondary N) is 1. The Kier molecular flexibility index (Phi) is 6.18. The number of hydrogen-bond donors (Lipinski definition) is 1. The van der Waals surface area contributed by atoms with Crippen LogP contribution >= 0.6 is 0 Å². The summed E-state index contributed by atoms with van der Waals surface area (Å²) in [6.07, 6.45) is 2.62. The minimum atomic E-state index is -3.79. The van der Waals surface area contributed by atoms with Gasteiger partial charge in [0.1, 0.15) is 5.69 Å². The van der Waals surface area contributed by atoms with E-state index in [0.717, 1.165) is 18.2 Å². The lowest BCUT2D eigenvalue weighted by molar-refractivity contribution is -0.384. The van der Waals surface area contributed by atoms with Crippen molar-refractivity contribution < 1.29 is 13.3 Å². The molecule has 8 nitrogen and oxygen atoms in total. The summed E-state index contributed by atoms with van der Waals surface area (Å²) in [4.78, 5) is 15.3. The van der Waals surface area contributed by atoms with Crippen LogP contribution in [-0.2, 0) is 10.0 Å². The van der Waals surface area contributed by atoms with Crippen molar-refractivity contribution in [3.8, 4) is 0 Å². The molecule has 1 aromatic heterocycles. The summed E-state index contributed by atoms with van der Waals surface area (Å²) < 4.78 is 27.6. The van der Waals surface area contributed by atoms with E-state index in [4.69, 9.17) is 0 Å². The molecule has 9 heteroatoms. The molecule has 1 N–H and O–H groups in total. The van der Waals surface area contributed by atoms with Gasteiger partial charge in [0.2, 0.25) is 10.0 Å². The second-order valence-corrected chi connectivity index (χ2v) is 9.76. The fraction of sp³-hybridized carbons (Fsp3) is 0.450. The summed E-state index contributed by atoms with van der Waals surface area (Å²) in [5, 5.41) is 14.7. The number of anilines is 1. The molecule has 3 rings (SSSR count). The number of benzene rings is 1. The first-order valence-electron chi connectivity index (χ1n) is 9.64. The van der Waals surface area contributed by atoms with Crippen LogP contribution in [0.25, 0.3) is 0 Å². The van der Waals surface area contributed by atoms with Crippen LogP contribution in [0.1, 0.15) is 38.9 Å². The van der Waals surface area contributed by atoms with Crippen molar-refractivity contribution in [2.24, 2.45) is 11.8 Å². The highest BCUT2D eigenvalue weighted by atomic mass is 32.2. The summed E-state index contributed by atoms with van der Waals surface area (Å²) in [5.74, 6) is 0.507. The Hall–Kier alpha value is -2.52. The van der Waals surface area contributed by atoms with Gasteiger partial charge >= 0.3 is 0 Å². The molecular weight excluding hydrogens is 392 g/mol. The Morgan fingerprint density at radius 3 is 2.48 bits per heavy atom. The Bertz CT molecular complexity index is 971. The van der Waals surface area contributed by atoms with Crippen LogP contribution in [0, 0.1) is 22.0 Å². The molecule has 156 valence electrons. The molecule has 0 amide bonds. The highest BCUT2D eigenvalue weighted by Crippen LogP contribution is 2.33. The lowest BCUT2D eigenvalue weighted by Crippen LogP contribution is -2.42. The molecule has 1 fully saturated rings. The van der Waals surface area contributed by atoms with Gasteiger partial charge in [-0.2, -0.15) is 4.31 Å². The zero-order valence-electron chi connectivity index (χ0n) is 16.8. The quantitative estimate of drug-likeness (QED) is 0.564. The maximum absolute atomic E-state index is 13.1. The van der Waals surface area contributed by atoms with Crippen molar-refractivity contribution >= 4 is 21.4 Å². The topological polar surface area (TPSA) is 105 Å². The Labute approximate surface area is 171 Å². The van der Waals surface area contributed by atoms with E-state index in [-0.39, 0.29) is 34.1 Å². The molecule has 0 bridgehead atoms. The average Bonchev–Trinajstić information content (AvgIpc) is 2.68. The molecule has 2 aromatic rings. The molecule has 1 aliphatic rings. The maximum atomic E-state index is 13.1. The number of nitro groups is 1. The summed E-state index contributed by atoms with van der Waals surface area (Å²) in [7, 11) is -3.79. The van der Waals surface area contributed by atoms with Crippen molar-refractivity contribution in [3.63, 3.8) is 0 Å². The number of hydrogen-bond acceptors (Lipinski definition) is 6. The molecule has 0 unspecified atom stereocenters. The van der Waals surface area contributed by atoms with Crippen LogP contribution < -0.4 is 5.32 Å². The van der Waals surface area contributed by atoms with E-state index >= 15 is 0 Å². The molecule has 0 aliphatic carbocycles. The second kappa shape index (κ2) is 8.46. The Balaban J connectivity index is 1.90. The lowest BCUT2D eigenvalue weighted by Gasteiger charge is -2.34. The Morgan fingerprint density at radius 1 is 1.21 bits per heavy atom. The SMILES string of the molecule is C[C@@H]1C[C@@H](C)CN(S(=O)(=O)c2ccc(N[C@@H](C)c3ccccn3)c([N+](=O)[O-])c2)C1. The largest absolute Gasteiger partial charge is 0.371 e. The number of piperidine rings is 1. The molecule has 1 saturated heterocycles. The molecule has 0 saturated carbocycles. The van der Waals surface area contributed by atoms with Crippen molar-refractivity contribution in [1.29, 1.82) is 0 Å². The summed E-state index contributed by atoms with van der Waals surface area (Å²) in [6.45, 7) is 6.74. The Morgan fingerprint density at radius 2 is 1.90 bits per heavy atom. The zero-order valence-corrected chi connectivity index (χ0v) is 17.6. The molecule has 0 radical (unpaired) electrons. The fourth-order valence-electron chi connectivity index (χ4n) is 3.84.